The maximum atomic E-state index is 6.45. The first-order valence-corrected chi connectivity index (χ1v) is 12.4. The minimum Gasteiger partial charge on any atom is -0.497 e. The highest BCUT2D eigenvalue weighted by molar-refractivity contribution is 6.30. The van der Waals surface area contributed by atoms with Crippen molar-refractivity contribution in [2.75, 3.05) is 32.6 Å². The predicted molar refractivity (Wildman–Crippen MR) is 136 cm³/mol. The molecule has 36 heavy (non-hydrogen) atoms. The van der Waals surface area contributed by atoms with Crippen LogP contribution in [0, 0.1) is 6.92 Å². The van der Waals surface area contributed by atoms with Gasteiger partial charge in [0.05, 0.1) is 25.6 Å². The van der Waals surface area contributed by atoms with Gasteiger partial charge in [0, 0.05) is 62.8 Å². The lowest BCUT2D eigenvalue weighted by Gasteiger charge is -2.25. The number of hydrogen-bond acceptors (Lipinski definition) is 9. The summed E-state index contributed by atoms with van der Waals surface area (Å²) in [4.78, 5) is 11.7. The Morgan fingerprint density at radius 2 is 2.03 bits per heavy atom. The molecular formula is C24H30ClN9O2. The van der Waals surface area contributed by atoms with Crippen molar-refractivity contribution in [1.82, 2.24) is 39.5 Å². The van der Waals surface area contributed by atoms with Crippen molar-refractivity contribution >= 4 is 23.2 Å². The lowest BCUT2D eigenvalue weighted by atomic mass is 10.1. The van der Waals surface area contributed by atoms with E-state index in [4.69, 9.17) is 31.2 Å². The summed E-state index contributed by atoms with van der Waals surface area (Å²) in [7, 11) is 3.26. The quantitative estimate of drug-likeness (QED) is 0.339. The van der Waals surface area contributed by atoms with Crippen LogP contribution in [-0.2, 0) is 32.5 Å². The predicted octanol–water partition coefficient (Wildman–Crippen LogP) is 2.93. The summed E-state index contributed by atoms with van der Waals surface area (Å²) in [5.74, 6) is 2.72. The van der Waals surface area contributed by atoms with E-state index in [-0.39, 0.29) is 0 Å². The molecule has 0 saturated heterocycles. The fraction of sp³-hybridized carbons (Fsp3) is 0.458. The van der Waals surface area contributed by atoms with Crippen molar-refractivity contribution in [3.05, 3.63) is 51.7 Å². The van der Waals surface area contributed by atoms with E-state index in [0.717, 1.165) is 66.7 Å². The van der Waals surface area contributed by atoms with Gasteiger partial charge in [0.15, 0.2) is 11.5 Å². The van der Waals surface area contributed by atoms with Gasteiger partial charge in [-0.3, -0.25) is 4.90 Å². The van der Waals surface area contributed by atoms with E-state index < -0.39 is 0 Å². The maximum Gasteiger partial charge on any atom is 0.227 e. The van der Waals surface area contributed by atoms with Gasteiger partial charge in [-0.25, -0.2) is 14.6 Å². The van der Waals surface area contributed by atoms with Crippen molar-refractivity contribution in [3.63, 3.8) is 0 Å². The Labute approximate surface area is 214 Å². The Morgan fingerprint density at radius 1 is 1.17 bits per heavy atom. The van der Waals surface area contributed by atoms with Crippen LogP contribution in [0.2, 0.25) is 5.15 Å². The third kappa shape index (κ3) is 4.68. The molecule has 1 N–H and O–H groups in total. The summed E-state index contributed by atoms with van der Waals surface area (Å²) in [5, 5.41) is 17.1. The van der Waals surface area contributed by atoms with Gasteiger partial charge in [0.2, 0.25) is 5.95 Å². The number of halogens is 1. The Bertz CT molecular complexity index is 1380. The molecule has 11 nitrogen and oxygen atoms in total. The van der Waals surface area contributed by atoms with Crippen LogP contribution in [0.15, 0.2) is 18.2 Å². The van der Waals surface area contributed by atoms with Gasteiger partial charge >= 0.3 is 0 Å². The number of aromatic nitrogens is 7. The average Bonchev–Trinajstić information content (AvgIpc) is 3.52. The number of fused-ring (bicyclic) bond motifs is 2. The second-order valence-electron chi connectivity index (χ2n) is 8.72. The van der Waals surface area contributed by atoms with Crippen LogP contribution in [0.1, 0.15) is 35.3 Å². The highest BCUT2D eigenvalue weighted by atomic mass is 35.5. The van der Waals surface area contributed by atoms with E-state index in [2.05, 4.69) is 32.4 Å². The summed E-state index contributed by atoms with van der Waals surface area (Å²) < 4.78 is 14.5. The smallest absolute Gasteiger partial charge is 0.227 e. The molecule has 0 bridgehead atoms. The fourth-order valence-corrected chi connectivity index (χ4v) is 4.64. The lowest BCUT2D eigenvalue weighted by molar-refractivity contribution is 0.250. The van der Waals surface area contributed by atoms with Crippen LogP contribution in [0.3, 0.4) is 0 Å². The standard InChI is InChI=1S/C24H30ClN9O2/c1-5-33-19-8-10-32(14-18(19)29-31-33)11-9-21-27-23-15(2)22(25)28-24(34(23)30-21)26-13-16-6-7-17(35-3)12-20(16)36-4/h6-7,12H,5,8-11,13-14H2,1-4H3,(H,26,28). The van der Waals surface area contributed by atoms with Crippen molar-refractivity contribution in [2.24, 2.45) is 0 Å². The molecule has 4 aromatic rings. The Hall–Kier alpha value is -3.44. The minimum atomic E-state index is 0.396. The molecule has 0 saturated carbocycles. The average molecular weight is 512 g/mol. The highest BCUT2D eigenvalue weighted by Crippen LogP contribution is 2.26. The summed E-state index contributed by atoms with van der Waals surface area (Å²) in [6.07, 6.45) is 1.66. The third-order valence-corrected chi connectivity index (χ3v) is 6.91. The number of nitrogens with zero attached hydrogens (tertiary/aromatic N) is 8. The van der Waals surface area contributed by atoms with Gasteiger partial charge in [-0.15, -0.1) is 10.2 Å². The van der Waals surface area contributed by atoms with Crippen molar-refractivity contribution in [1.29, 1.82) is 0 Å². The summed E-state index contributed by atoms with van der Waals surface area (Å²) in [6.45, 7) is 7.92. The van der Waals surface area contributed by atoms with E-state index in [1.807, 2.05) is 29.8 Å². The molecule has 0 aliphatic carbocycles. The van der Waals surface area contributed by atoms with Gasteiger partial charge in [-0.1, -0.05) is 16.8 Å². The first-order chi connectivity index (χ1) is 17.5. The zero-order valence-corrected chi connectivity index (χ0v) is 21.7. The second kappa shape index (κ2) is 10.3. The number of rotatable bonds is 9. The van der Waals surface area contributed by atoms with Crippen molar-refractivity contribution in [2.45, 2.75) is 46.3 Å². The van der Waals surface area contributed by atoms with Gasteiger partial charge in [-0.05, 0) is 26.0 Å². The van der Waals surface area contributed by atoms with E-state index >= 15 is 0 Å². The molecule has 0 unspecified atom stereocenters. The lowest BCUT2D eigenvalue weighted by Crippen LogP contribution is -2.33. The van der Waals surface area contributed by atoms with Crippen LogP contribution in [0.25, 0.3) is 5.65 Å². The number of anilines is 1. The van der Waals surface area contributed by atoms with Crippen molar-refractivity contribution < 1.29 is 9.47 Å². The van der Waals surface area contributed by atoms with E-state index in [9.17, 15) is 0 Å². The molecule has 0 atom stereocenters. The van der Waals surface area contributed by atoms with E-state index in [1.54, 1.807) is 18.7 Å². The molecule has 12 heteroatoms. The van der Waals surface area contributed by atoms with Crippen LogP contribution in [0.4, 0.5) is 5.95 Å². The molecule has 3 aromatic heterocycles. The third-order valence-electron chi connectivity index (χ3n) is 6.54. The molecule has 1 aromatic carbocycles. The van der Waals surface area contributed by atoms with E-state index in [0.29, 0.717) is 29.7 Å². The first kappa shape index (κ1) is 24.3. The topological polar surface area (TPSA) is 108 Å². The van der Waals surface area contributed by atoms with Crippen LogP contribution < -0.4 is 14.8 Å². The van der Waals surface area contributed by atoms with Crippen LogP contribution >= 0.6 is 11.6 Å². The van der Waals surface area contributed by atoms with Crippen LogP contribution in [-0.4, -0.2) is 66.8 Å². The van der Waals surface area contributed by atoms with Gasteiger partial charge in [0.1, 0.15) is 16.7 Å². The SMILES string of the molecule is CCn1nnc2c1CCN(CCc1nc3c(C)c(Cl)nc(NCc4ccc(OC)cc4OC)n3n1)C2. The monoisotopic (exact) mass is 511 g/mol. The molecular weight excluding hydrogens is 482 g/mol. The van der Waals surface area contributed by atoms with Gasteiger partial charge in [0.25, 0.3) is 0 Å². The molecule has 0 radical (unpaired) electrons. The number of hydrogen-bond donors (Lipinski definition) is 1. The summed E-state index contributed by atoms with van der Waals surface area (Å²) >= 11 is 6.45. The molecule has 1 aliphatic heterocycles. The molecule has 0 spiro atoms. The maximum absolute atomic E-state index is 6.45. The van der Waals surface area contributed by atoms with Crippen molar-refractivity contribution in [3.8, 4) is 11.5 Å². The number of benzene rings is 1. The zero-order valence-electron chi connectivity index (χ0n) is 21.0. The number of methoxy groups -OCH3 is 2. The Balaban J connectivity index is 1.31. The number of nitrogens with one attached hydrogen (secondary N) is 1. The molecule has 0 amide bonds. The van der Waals surface area contributed by atoms with E-state index in [1.165, 1.54) is 5.69 Å². The van der Waals surface area contributed by atoms with Gasteiger partial charge in [-0.2, -0.15) is 4.52 Å². The molecule has 0 fully saturated rings. The highest BCUT2D eigenvalue weighted by Gasteiger charge is 2.22. The van der Waals surface area contributed by atoms with Crippen LogP contribution in [0.5, 0.6) is 11.5 Å². The fourth-order valence-electron chi connectivity index (χ4n) is 4.48. The minimum absolute atomic E-state index is 0.396. The normalized spacial score (nSPS) is 13.7. The molecule has 5 rings (SSSR count). The molecule has 190 valence electrons. The number of ether oxygens (including phenoxy) is 2. The second-order valence-corrected chi connectivity index (χ2v) is 9.08. The largest absolute Gasteiger partial charge is 0.497 e. The molecule has 4 heterocycles. The Kier molecular flexibility index (Phi) is 6.92. The molecule has 1 aliphatic rings. The number of aryl methyl sites for hydroxylation is 2. The Morgan fingerprint density at radius 3 is 2.81 bits per heavy atom. The van der Waals surface area contributed by atoms with Gasteiger partial charge < -0.3 is 14.8 Å². The summed E-state index contributed by atoms with van der Waals surface area (Å²) in [6, 6.07) is 5.69. The zero-order chi connectivity index (χ0) is 25.2. The summed E-state index contributed by atoms with van der Waals surface area (Å²) in [5.41, 5.74) is 4.76. The first-order valence-electron chi connectivity index (χ1n) is 12.0.